The maximum absolute atomic E-state index is 11.4. The number of hydrogen-bond donors (Lipinski definition) is 1. The van der Waals surface area contributed by atoms with Gasteiger partial charge in [-0.1, -0.05) is 37.7 Å². The Balaban J connectivity index is 1.98. The van der Waals surface area contributed by atoms with Crippen LogP contribution >= 0.6 is 11.8 Å². The van der Waals surface area contributed by atoms with E-state index in [1.165, 1.54) is 6.26 Å². The first-order valence-electron chi connectivity index (χ1n) is 6.59. The summed E-state index contributed by atoms with van der Waals surface area (Å²) >= 11 is 1.75. The number of nitrogens with zero attached hydrogens (tertiary/aromatic N) is 1. The highest BCUT2D eigenvalue weighted by Gasteiger charge is 2.22. The Labute approximate surface area is 125 Å². The predicted molar refractivity (Wildman–Crippen MR) is 84.9 cm³/mol. The summed E-state index contributed by atoms with van der Waals surface area (Å²) in [5, 5.41) is 4.40. The number of thioether (sulfide) groups is 1. The fourth-order valence-electron chi connectivity index (χ4n) is 1.87. The van der Waals surface area contributed by atoms with Crippen molar-refractivity contribution in [2.24, 2.45) is 10.9 Å². The second-order valence-corrected chi connectivity index (χ2v) is 8.37. The van der Waals surface area contributed by atoms with Gasteiger partial charge in [0.05, 0.1) is 11.4 Å². The summed E-state index contributed by atoms with van der Waals surface area (Å²) < 4.78 is 22.7. The number of amidine groups is 1. The Hall–Kier alpha value is -1.01. The third-order valence-electron chi connectivity index (χ3n) is 3.27. The molecule has 1 aliphatic heterocycles. The quantitative estimate of drug-likeness (QED) is 0.927. The lowest BCUT2D eigenvalue weighted by atomic mass is 10.1. The van der Waals surface area contributed by atoms with E-state index < -0.39 is 9.84 Å². The maximum atomic E-state index is 11.4. The molecular weight excluding hydrogens is 292 g/mol. The van der Waals surface area contributed by atoms with Gasteiger partial charge in [-0.3, -0.25) is 4.99 Å². The van der Waals surface area contributed by atoms with Crippen molar-refractivity contribution in [1.29, 1.82) is 0 Å². The summed E-state index contributed by atoms with van der Waals surface area (Å²) in [5.41, 5.74) is 1.01. The minimum atomic E-state index is -3.12. The van der Waals surface area contributed by atoms with Gasteiger partial charge in [-0.05, 0) is 23.6 Å². The Bertz CT molecular complexity index is 592. The summed E-state index contributed by atoms with van der Waals surface area (Å²) in [6, 6.07) is 7.40. The smallest absolute Gasteiger partial charge is 0.175 e. The topological polar surface area (TPSA) is 58.5 Å². The second-order valence-electron chi connectivity index (χ2n) is 5.34. The number of nitrogens with one attached hydrogen (secondary N) is 1. The third-order valence-corrected chi connectivity index (χ3v) is 5.44. The second kappa shape index (κ2) is 6.18. The number of rotatable bonds is 4. The van der Waals surface area contributed by atoms with E-state index in [9.17, 15) is 8.42 Å². The molecule has 1 saturated heterocycles. The van der Waals surface area contributed by atoms with Crippen LogP contribution in [-0.4, -0.2) is 31.6 Å². The lowest BCUT2D eigenvalue weighted by Crippen LogP contribution is -2.31. The first kappa shape index (κ1) is 15.4. The molecule has 20 heavy (non-hydrogen) atoms. The molecule has 1 aromatic rings. The van der Waals surface area contributed by atoms with Crippen LogP contribution in [0.25, 0.3) is 0 Å². The van der Waals surface area contributed by atoms with Crippen LogP contribution in [0.15, 0.2) is 34.2 Å². The molecule has 0 aliphatic carbocycles. The lowest BCUT2D eigenvalue weighted by molar-refractivity contribution is 0.503. The average Bonchev–Trinajstić information content (AvgIpc) is 2.85. The number of benzene rings is 1. The van der Waals surface area contributed by atoms with Crippen molar-refractivity contribution in [2.75, 3.05) is 12.0 Å². The molecule has 0 amide bonds. The Kier molecular flexibility index (Phi) is 4.75. The Morgan fingerprint density at radius 3 is 2.50 bits per heavy atom. The van der Waals surface area contributed by atoms with Crippen molar-refractivity contribution >= 4 is 26.8 Å². The molecule has 0 spiro atoms. The van der Waals surface area contributed by atoms with E-state index in [4.69, 9.17) is 0 Å². The molecule has 0 saturated carbocycles. The minimum Gasteiger partial charge on any atom is -0.361 e. The van der Waals surface area contributed by atoms with Gasteiger partial charge in [0.2, 0.25) is 0 Å². The molecule has 0 bridgehead atoms. The summed E-state index contributed by atoms with van der Waals surface area (Å²) in [6.07, 6.45) is 1.22. The summed E-state index contributed by atoms with van der Waals surface area (Å²) in [5.74, 6) is 1.66. The van der Waals surface area contributed by atoms with E-state index in [0.29, 0.717) is 23.4 Å². The van der Waals surface area contributed by atoms with E-state index in [1.54, 1.807) is 23.9 Å². The third kappa shape index (κ3) is 3.99. The predicted octanol–water partition coefficient (Wildman–Crippen LogP) is 2.31. The molecular formula is C14H20N2O2S2. The SMILES string of the molecule is CC(C)C1CSC(=NCc2ccc(S(C)(=O)=O)cc2)N1. The van der Waals surface area contributed by atoms with Crippen molar-refractivity contribution in [2.45, 2.75) is 31.3 Å². The van der Waals surface area contributed by atoms with Gasteiger partial charge in [0.25, 0.3) is 0 Å². The van der Waals surface area contributed by atoms with Gasteiger partial charge in [-0.25, -0.2) is 8.42 Å². The van der Waals surface area contributed by atoms with Gasteiger partial charge in [0.15, 0.2) is 15.0 Å². The van der Waals surface area contributed by atoms with Crippen molar-refractivity contribution in [1.82, 2.24) is 5.32 Å². The van der Waals surface area contributed by atoms with Crippen molar-refractivity contribution in [3.63, 3.8) is 0 Å². The molecule has 1 fully saturated rings. The normalized spacial score (nSPS) is 21.4. The van der Waals surface area contributed by atoms with Crippen LogP contribution in [0.5, 0.6) is 0 Å². The summed E-state index contributed by atoms with van der Waals surface area (Å²) in [6.45, 7) is 4.97. The van der Waals surface area contributed by atoms with Crippen molar-refractivity contribution in [3.8, 4) is 0 Å². The number of hydrogen-bond acceptors (Lipinski definition) is 4. The minimum absolute atomic E-state index is 0.349. The van der Waals surface area contributed by atoms with Crippen LogP contribution in [0.2, 0.25) is 0 Å². The van der Waals surface area contributed by atoms with E-state index in [-0.39, 0.29) is 0 Å². The summed E-state index contributed by atoms with van der Waals surface area (Å²) in [4.78, 5) is 4.89. The standard InChI is InChI=1S/C14H20N2O2S2/c1-10(2)13-9-19-14(16-13)15-8-11-4-6-12(7-5-11)20(3,17)18/h4-7,10,13H,8-9H2,1-3H3,(H,15,16). The Morgan fingerprint density at radius 2 is 2.00 bits per heavy atom. The molecule has 0 radical (unpaired) electrons. The van der Waals surface area contributed by atoms with Gasteiger partial charge in [0, 0.05) is 18.1 Å². The fraction of sp³-hybridized carbons (Fsp3) is 0.500. The van der Waals surface area contributed by atoms with Gasteiger partial charge in [-0.15, -0.1) is 0 Å². The monoisotopic (exact) mass is 312 g/mol. The molecule has 1 atom stereocenters. The largest absolute Gasteiger partial charge is 0.361 e. The molecule has 4 nitrogen and oxygen atoms in total. The van der Waals surface area contributed by atoms with Crippen LogP contribution in [0.4, 0.5) is 0 Å². The molecule has 2 rings (SSSR count). The molecule has 1 aliphatic rings. The molecule has 1 N–H and O–H groups in total. The van der Waals surface area contributed by atoms with Crippen molar-refractivity contribution < 1.29 is 8.42 Å². The molecule has 1 aromatic carbocycles. The Morgan fingerprint density at radius 1 is 1.35 bits per heavy atom. The van der Waals surface area contributed by atoms with E-state index in [2.05, 4.69) is 24.2 Å². The molecule has 110 valence electrons. The molecule has 1 heterocycles. The zero-order valence-corrected chi connectivity index (χ0v) is 13.6. The zero-order valence-electron chi connectivity index (χ0n) is 12.0. The van der Waals surface area contributed by atoms with Gasteiger partial charge >= 0.3 is 0 Å². The first-order chi connectivity index (χ1) is 9.36. The van der Waals surface area contributed by atoms with Gasteiger partial charge < -0.3 is 5.32 Å². The number of sulfone groups is 1. The van der Waals surface area contributed by atoms with Crippen LogP contribution in [-0.2, 0) is 16.4 Å². The van der Waals surface area contributed by atoms with Crippen molar-refractivity contribution in [3.05, 3.63) is 29.8 Å². The van der Waals surface area contributed by atoms with Crippen LogP contribution in [0.1, 0.15) is 19.4 Å². The molecule has 6 heteroatoms. The average molecular weight is 312 g/mol. The molecule has 1 unspecified atom stereocenters. The maximum Gasteiger partial charge on any atom is 0.175 e. The van der Waals surface area contributed by atoms with E-state index >= 15 is 0 Å². The zero-order chi connectivity index (χ0) is 14.8. The first-order valence-corrected chi connectivity index (χ1v) is 9.47. The van der Waals surface area contributed by atoms with Gasteiger partial charge in [-0.2, -0.15) is 0 Å². The van der Waals surface area contributed by atoms with Crippen LogP contribution < -0.4 is 5.32 Å². The van der Waals surface area contributed by atoms with E-state index in [0.717, 1.165) is 16.5 Å². The highest BCUT2D eigenvalue weighted by Crippen LogP contribution is 2.19. The molecule has 0 aromatic heterocycles. The summed E-state index contributed by atoms with van der Waals surface area (Å²) in [7, 11) is -3.12. The van der Waals surface area contributed by atoms with Crippen LogP contribution in [0.3, 0.4) is 0 Å². The lowest BCUT2D eigenvalue weighted by Gasteiger charge is -2.13. The fourth-order valence-corrected chi connectivity index (χ4v) is 3.69. The van der Waals surface area contributed by atoms with Crippen LogP contribution in [0, 0.1) is 5.92 Å². The number of aliphatic imine (C=N–C) groups is 1. The van der Waals surface area contributed by atoms with E-state index in [1.807, 2.05) is 12.1 Å². The highest BCUT2D eigenvalue weighted by atomic mass is 32.2. The highest BCUT2D eigenvalue weighted by molar-refractivity contribution is 8.14. The van der Waals surface area contributed by atoms with Gasteiger partial charge in [0.1, 0.15) is 0 Å².